The second kappa shape index (κ2) is 7.30. The van der Waals surface area contributed by atoms with Crippen molar-refractivity contribution in [1.29, 1.82) is 0 Å². The molecule has 0 aromatic heterocycles. The number of phenols is 1. The van der Waals surface area contributed by atoms with Crippen LogP contribution in [0.2, 0.25) is 0 Å². The molecule has 2 unspecified atom stereocenters. The molecule has 5 heteroatoms. The Balaban J connectivity index is 3.69. The Morgan fingerprint density at radius 2 is 1.50 bits per heavy atom. The fourth-order valence-electron chi connectivity index (χ4n) is 3.80. The maximum Gasteiger partial charge on any atom is 0.335 e. The Bertz CT molecular complexity index is 691. The van der Waals surface area contributed by atoms with Crippen LogP contribution in [-0.2, 0) is 15.1 Å². The Morgan fingerprint density at radius 3 is 1.85 bits per heavy atom. The first-order valence-corrected chi connectivity index (χ1v) is 11.0. The van der Waals surface area contributed by atoms with Gasteiger partial charge in [-0.3, -0.25) is 4.57 Å². The van der Waals surface area contributed by atoms with Gasteiger partial charge in [0.2, 0.25) is 0 Å². The van der Waals surface area contributed by atoms with Gasteiger partial charge in [-0.1, -0.05) is 61.0 Å². The second-order valence-electron chi connectivity index (χ2n) is 9.93. The van der Waals surface area contributed by atoms with Crippen molar-refractivity contribution >= 4 is 7.60 Å². The van der Waals surface area contributed by atoms with E-state index in [1.54, 1.807) is 19.1 Å². The van der Waals surface area contributed by atoms with Crippen molar-refractivity contribution in [2.75, 3.05) is 0 Å². The molecule has 0 aliphatic heterocycles. The van der Waals surface area contributed by atoms with E-state index in [9.17, 15) is 19.5 Å². The van der Waals surface area contributed by atoms with Gasteiger partial charge in [0.25, 0.3) is 0 Å². The molecule has 0 aliphatic carbocycles. The summed E-state index contributed by atoms with van der Waals surface area (Å²) >= 11 is 0. The van der Waals surface area contributed by atoms with Crippen LogP contribution in [0, 0.1) is 18.3 Å². The minimum absolute atomic E-state index is 0.0527. The summed E-state index contributed by atoms with van der Waals surface area (Å²) in [5.41, 5.74) is 1.68. The monoisotopic (exact) mass is 384 g/mol. The van der Waals surface area contributed by atoms with Crippen molar-refractivity contribution in [3.8, 4) is 5.75 Å². The molecule has 0 fully saturated rings. The van der Waals surface area contributed by atoms with E-state index in [0.717, 1.165) is 6.42 Å². The van der Waals surface area contributed by atoms with E-state index in [1.165, 1.54) is 0 Å². The van der Waals surface area contributed by atoms with Gasteiger partial charge < -0.3 is 14.9 Å². The lowest BCUT2D eigenvalue weighted by atomic mass is 9.72. The van der Waals surface area contributed by atoms with Gasteiger partial charge in [0.05, 0.1) is 5.16 Å². The Kier molecular flexibility index (Phi) is 6.51. The molecule has 150 valence electrons. The van der Waals surface area contributed by atoms with Gasteiger partial charge in [0.1, 0.15) is 5.75 Å². The minimum Gasteiger partial charge on any atom is -0.508 e. The van der Waals surface area contributed by atoms with E-state index in [1.807, 2.05) is 27.7 Å². The molecule has 0 bridgehead atoms. The normalized spacial score (nSPS) is 17.0. The molecule has 0 heterocycles. The zero-order chi connectivity index (χ0) is 20.7. The van der Waals surface area contributed by atoms with E-state index in [-0.39, 0.29) is 22.5 Å². The van der Waals surface area contributed by atoms with Crippen LogP contribution in [0.5, 0.6) is 5.75 Å². The fraction of sp³-hybridized carbons (Fsp3) is 0.714. The van der Waals surface area contributed by atoms with Gasteiger partial charge >= 0.3 is 7.60 Å². The number of aromatic hydroxyl groups is 1. The van der Waals surface area contributed by atoms with E-state index < -0.39 is 12.8 Å². The Labute approximate surface area is 159 Å². The standard InChI is InChI=1S/C21H37O4P/c1-10-15(19(3,4)5)13-21(9,26(23,24)25)16-12-17(20(6,7)8)18(22)11-14(16)2/h11-12,15,22H,10,13H2,1-9H3,(H2,23,24,25). The lowest BCUT2D eigenvalue weighted by Crippen LogP contribution is -2.32. The molecule has 1 aromatic carbocycles. The molecular weight excluding hydrogens is 347 g/mol. The number of benzene rings is 1. The smallest absolute Gasteiger partial charge is 0.335 e. The molecule has 0 amide bonds. The number of phenolic OH excluding ortho intramolecular Hbond substituents is 1. The van der Waals surface area contributed by atoms with Crippen LogP contribution in [0.1, 0.15) is 84.9 Å². The maximum absolute atomic E-state index is 12.7. The fourth-order valence-corrected chi connectivity index (χ4v) is 4.82. The van der Waals surface area contributed by atoms with Crippen LogP contribution < -0.4 is 0 Å². The first kappa shape index (κ1) is 23.2. The first-order chi connectivity index (χ1) is 11.4. The number of hydrogen-bond acceptors (Lipinski definition) is 2. The summed E-state index contributed by atoms with van der Waals surface area (Å²) in [7, 11) is -4.44. The molecule has 4 nitrogen and oxygen atoms in total. The predicted octanol–water partition coefficient (Wildman–Crippen LogP) is 5.85. The largest absolute Gasteiger partial charge is 0.508 e. The van der Waals surface area contributed by atoms with E-state index in [0.29, 0.717) is 23.1 Å². The molecule has 1 aromatic rings. The molecule has 26 heavy (non-hydrogen) atoms. The van der Waals surface area contributed by atoms with Crippen molar-refractivity contribution in [3.05, 3.63) is 28.8 Å². The van der Waals surface area contributed by atoms with Crippen LogP contribution in [0.15, 0.2) is 12.1 Å². The zero-order valence-electron chi connectivity index (χ0n) is 17.8. The van der Waals surface area contributed by atoms with Crippen molar-refractivity contribution in [3.63, 3.8) is 0 Å². The zero-order valence-corrected chi connectivity index (χ0v) is 18.7. The lowest BCUT2D eigenvalue weighted by molar-refractivity contribution is 0.187. The third kappa shape index (κ3) is 4.71. The van der Waals surface area contributed by atoms with Crippen LogP contribution >= 0.6 is 7.60 Å². The molecule has 2 atom stereocenters. The highest BCUT2D eigenvalue weighted by atomic mass is 31.2. The molecule has 0 saturated carbocycles. The summed E-state index contributed by atoms with van der Waals surface area (Å²) in [6.07, 6.45) is 1.24. The van der Waals surface area contributed by atoms with Gasteiger partial charge in [0, 0.05) is 0 Å². The van der Waals surface area contributed by atoms with Crippen molar-refractivity contribution in [2.24, 2.45) is 11.3 Å². The number of rotatable bonds is 5. The predicted molar refractivity (Wildman–Crippen MR) is 109 cm³/mol. The third-order valence-corrected chi connectivity index (χ3v) is 7.44. The summed E-state index contributed by atoms with van der Waals surface area (Å²) < 4.78 is 12.7. The quantitative estimate of drug-likeness (QED) is 0.556. The van der Waals surface area contributed by atoms with Crippen LogP contribution in [0.25, 0.3) is 0 Å². The van der Waals surface area contributed by atoms with E-state index in [2.05, 4.69) is 27.7 Å². The van der Waals surface area contributed by atoms with E-state index >= 15 is 0 Å². The molecule has 0 spiro atoms. The summed E-state index contributed by atoms with van der Waals surface area (Å²) in [5, 5.41) is 9.09. The summed E-state index contributed by atoms with van der Waals surface area (Å²) in [6.45, 7) is 17.9. The molecular formula is C21H37O4P. The topological polar surface area (TPSA) is 77.8 Å². The second-order valence-corrected chi connectivity index (χ2v) is 12.0. The van der Waals surface area contributed by atoms with E-state index in [4.69, 9.17) is 0 Å². The van der Waals surface area contributed by atoms with Gasteiger partial charge in [0.15, 0.2) is 0 Å². The molecule has 0 saturated heterocycles. The summed E-state index contributed by atoms with van der Waals surface area (Å²) in [6, 6.07) is 3.45. The Hall–Kier alpha value is -0.830. The average Bonchev–Trinajstić information content (AvgIpc) is 2.40. The highest BCUT2D eigenvalue weighted by Crippen LogP contribution is 2.62. The van der Waals surface area contributed by atoms with Gasteiger partial charge in [-0.2, -0.15) is 0 Å². The molecule has 0 radical (unpaired) electrons. The van der Waals surface area contributed by atoms with Crippen LogP contribution in [-0.4, -0.2) is 14.9 Å². The summed E-state index contributed by atoms with van der Waals surface area (Å²) in [4.78, 5) is 20.7. The highest BCUT2D eigenvalue weighted by molar-refractivity contribution is 7.53. The molecule has 3 N–H and O–H groups in total. The number of aryl methyl sites for hydroxylation is 1. The Morgan fingerprint density at radius 1 is 1.00 bits per heavy atom. The van der Waals surface area contributed by atoms with Crippen molar-refractivity contribution in [2.45, 2.75) is 85.7 Å². The lowest BCUT2D eigenvalue weighted by Gasteiger charge is -2.40. The average molecular weight is 384 g/mol. The minimum atomic E-state index is -4.44. The van der Waals surface area contributed by atoms with Crippen molar-refractivity contribution < 1.29 is 19.5 Å². The maximum atomic E-state index is 12.7. The van der Waals surface area contributed by atoms with Crippen molar-refractivity contribution in [1.82, 2.24) is 0 Å². The SMILES string of the molecule is CCC(CC(C)(c1cc(C(C)(C)C)c(O)cc1C)P(=O)(O)O)C(C)(C)C. The molecule has 1 rings (SSSR count). The number of hydrogen-bond donors (Lipinski definition) is 3. The van der Waals surface area contributed by atoms with Crippen LogP contribution in [0.3, 0.4) is 0 Å². The van der Waals surface area contributed by atoms with Crippen LogP contribution in [0.4, 0.5) is 0 Å². The summed E-state index contributed by atoms with van der Waals surface area (Å²) in [5.74, 6) is 0.334. The highest BCUT2D eigenvalue weighted by Gasteiger charge is 2.48. The third-order valence-electron chi connectivity index (χ3n) is 5.74. The van der Waals surface area contributed by atoms with Gasteiger partial charge in [-0.05, 0) is 59.8 Å². The van der Waals surface area contributed by atoms with Gasteiger partial charge in [-0.25, -0.2) is 0 Å². The molecule has 0 aliphatic rings. The van der Waals surface area contributed by atoms with Gasteiger partial charge in [-0.15, -0.1) is 0 Å². The first-order valence-electron chi connectivity index (χ1n) is 9.35.